The Morgan fingerprint density at radius 1 is 1.42 bits per heavy atom. The van der Waals surface area contributed by atoms with E-state index in [0.717, 1.165) is 13.0 Å². The Balaban J connectivity index is 1.92. The van der Waals surface area contributed by atoms with Crippen molar-refractivity contribution in [1.82, 2.24) is 9.80 Å². The highest BCUT2D eigenvalue weighted by Gasteiger charge is 2.21. The molecule has 0 saturated heterocycles. The molecule has 19 heavy (non-hydrogen) atoms. The summed E-state index contributed by atoms with van der Waals surface area (Å²) < 4.78 is 0. The highest BCUT2D eigenvalue weighted by molar-refractivity contribution is 5.78. The Morgan fingerprint density at radius 2 is 2.11 bits per heavy atom. The number of likely N-dealkylation sites (N-methyl/N-ethyl adjacent to an activating group) is 1. The highest BCUT2D eigenvalue weighted by Crippen LogP contribution is 2.18. The fraction of sp³-hybridized carbons (Fsp3) is 0.533. The molecule has 1 amide bonds. The molecule has 4 nitrogen and oxygen atoms in total. The molecule has 1 atom stereocenters. The molecule has 0 spiro atoms. The molecule has 0 bridgehead atoms. The summed E-state index contributed by atoms with van der Waals surface area (Å²) in [4.78, 5) is 16.0. The second kappa shape index (κ2) is 6.17. The zero-order chi connectivity index (χ0) is 13.8. The van der Waals surface area contributed by atoms with Gasteiger partial charge in [0.05, 0.1) is 12.6 Å². The van der Waals surface area contributed by atoms with Crippen molar-refractivity contribution in [3.8, 4) is 0 Å². The number of hydrogen-bond donors (Lipinski definition) is 1. The van der Waals surface area contributed by atoms with Crippen LogP contribution < -0.4 is 0 Å². The maximum atomic E-state index is 12.2. The predicted octanol–water partition coefficient (Wildman–Crippen LogP) is 0.884. The van der Waals surface area contributed by atoms with Crippen molar-refractivity contribution in [3.05, 3.63) is 35.4 Å². The summed E-state index contributed by atoms with van der Waals surface area (Å²) >= 11 is 0. The van der Waals surface area contributed by atoms with E-state index in [0.29, 0.717) is 19.6 Å². The van der Waals surface area contributed by atoms with Gasteiger partial charge in [-0.25, -0.2) is 0 Å². The average molecular weight is 262 g/mol. The van der Waals surface area contributed by atoms with Crippen LogP contribution >= 0.6 is 0 Å². The fourth-order valence-corrected chi connectivity index (χ4v) is 2.56. The number of rotatable bonds is 4. The molecule has 1 aliphatic heterocycles. The number of hydrogen-bond acceptors (Lipinski definition) is 3. The van der Waals surface area contributed by atoms with E-state index in [9.17, 15) is 9.90 Å². The average Bonchev–Trinajstić information content (AvgIpc) is 2.37. The molecular formula is C15H22N2O2. The Morgan fingerprint density at radius 3 is 2.79 bits per heavy atom. The van der Waals surface area contributed by atoms with Crippen molar-refractivity contribution < 1.29 is 9.90 Å². The first kappa shape index (κ1) is 14.0. The summed E-state index contributed by atoms with van der Waals surface area (Å²) in [6, 6.07) is 8.30. The van der Waals surface area contributed by atoms with E-state index < -0.39 is 6.10 Å². The van der Waals surface area contributed by atoms with Crippen LogP contribution in [0.2, 0.25) is 0 Å². The van der Waals surface area contributed by atoms with Crippen LogP contribution in [0.15, 0.2) is 24.3 Å². The quantitative estimate of drug-likeness (QED) is 0.876. The number of aliphatic hydroxyl groups is 1. The van der Waals surface area contributed by atoms with E-state index in [4.69, 9.17) is 0 Å². The van der Waals surface area contributed by atoms with Crippen LogP contribution in [0.1, 0.15) is 18.1 Å². The first-order valence-corrected chi connectivity index (χ1v) is 6.77. The number of benzene rings is 1. The van der Waals surface area contributed by atoms with Crippen LogP contribution in [0.3, 0.4) is 0 Å². The van der Waals surface area contributed by atoms with Crippen LogP contribution in [-0.2, 0) is 17.8 Å². The van der Waals surface area contributed by atoms with Crippen LogP contribution in [0.5, 0.6) is 0 Å². The normalized spacial score (nSPS) is 16.3. The topological polar surface area (TPSA) is 43.8 Å². The Kier molecular flexibility index (Phi) is 4.56. The number of aliphatic hydroxyl groups excluding tert-OH is 1. The summed E-state index contributed by atoms with van der Waals surface area (Å²) in [7, 11) is 1.86. The Labute approximate surface area is 114 Å². The summed E-state index contributed by atoms with van der Waals surface area (Å²) in [6.07, 6.45) is 0.530. The molecule has 0 fully saturated rings. The predicted molar refractivity (Wildman–Crippen MR) is 74.7 cm³/mol. The Hall–Kier alpha value is -1.39. The summed E-state index contributed by atoms with van der Waals surface area (Å²) in [5, 5.41) is 9.31. The van der Waals surface area contributed by atoms with Gasteiger partial charge >= 0.3 is 0 Å². The minimum absolute atomic E-state index is 0.137. The van der Waals surface area contributed by atoms with Crippen LogP contribution in [0.4, 0.5) is 0 Å². The molecule has 1 aromatic rings. The van der Waals surface area contributed by atoms with E-state index >= 15 is 0 Å². The second-order valence-corrected chi connectivity index (χ2v) is 5.38. The van der Waals surface area contributed by atoms with Gasteiger partial charge in [0.2, 0.25) is 5.91 Å². The molecule has 2 rings (SSSR count). The lowest BCUT2D eigenvalue weighted by atomic mass is 10.00. The molecule has 1 N–H and O–H groups in total. The van der Waals surface area contributed by atoms with E-state index in [-0.39, 0.29) is 5.91 Å². The molecule has 0 radical (unpaired) electrons. The third-order valence-electron chi connectivity index (χ3n) is 3.46. The molecule has 1 aromatic carbocycles. The maximum Gasteiger partial charge on any atom is 0.237 e. The van der Waals surface area contributed by atoms with Gasteiger partial charge in [-0.2, -0.15) is 0 Å². The second-order valence-electron chi connectivity index (χ2n) is 5.38. The molecule has 4 heteroatoms. The molecule has 1 aliphatic rings. The molecule has 104 valence electrons. The van der Waals surface area contributed by atoms with E-state index in [1.165, 1.54) is 11.1 Å². The first-order chi connectivity index (χ1) is 9.06. The first-order valence-electron chi connectivity index (χ1n) is 6.77. The third-order valence-corrected chi connectivity index (χ3v) is 3.46. The van der Waals surface area contributed by atoms with Gasteiger partial charge in [-0.1, -0.05) is 24.3 Å². The van der Waals surface area contributed by atoms with Gasteiger partial charge in [-0.3, -0.25) is 9.69 Å². The van der Waals surface area contributed by atoms with Gasteiger partial charge < -0.3 is 10.0 Å². The van der Waals surface area contributed by atoms with Crippen molar-refractivity contribution >= 4 is 5.91 Å². The van der Waals surface area contributed by atoms with Gasteiger partial charge in [0, 0.05) is 19.6 Å². The van der Waals surface area contributed by atoms with Crippen molar-refractivity contribution in [3.63, 3.8) is 0 Å². The van der Waals surface area contributed by atoms with Crippen LogP contribution in [-0.4, -0.2) is 53.6 Å². The number of fused-ring (bicyclic) bond motifs is 1. The van der Waals surface area contributed by atoms with E-state index in [2.05, 4.69) is 12.1 Å². The summed E-state index contributed by atoms with van der Waals surface area (Å²) in [5.74, 6) is 0.137. The monoisotopic (exact) mass is 262 g/mol. The number of carbonyl (C=O) groups is 1. The van der Waals surface area contributed by atoms with E-state index in [1.54, 1.807) is 6.92 Å². The lowest BCUT2D eigenvalue weighted by molar-refractivity contribution is -0.133. The van der Waals surface area contributed by atoms with Crippen molar-refractivity contribution in [2.75, 3.05) is 26.7 Å². The lowest BCUT2D eigenvalue weighted by Crippen LogP contribution is -2.43. The van der Waals surface area contributed by atoms with Crippen LogP contribution in [0.25, 0.3) is 0 Å². The fourth-order valence-electron chi connectivity index (χ4n) is 2.56. The number of nitrogens with zero attached hydrogens (tertiary/aromatic N) is 2. The van der Waals surface area contributed by atoms with Crippen LogP contribution in [0, 0.1) is 0 Å². The van der Waals surface area contributed by atoms with Crippen molar-refractivity contribution in [2.24, 2.45) is 0 Å². The van der Waals surface area contributed by atoms with Gasteiger partial charge in [0.1, 0.15) is 0 Å². The third kappa shape index (κ3) is 3.78. The minimum Gasteiger partial charge on any atom is -0.392 e. The lowest BCUT2D eigenvalue weighted by Gasteiger charge is -2.30. The van der Waals surface area contributed by atoms with Crippen molar-refractivity contribution in [1.29, 1.82) is 0 Å². The van der Waals surface area contributed by atoms with Gasteiger partial charge in [0.25, 0.3) is 0 Å². The largest absolute Gasteiger partial charge is 0.392 e. The molecule has 0 aliphatic carbocycles. The molecule has 0 aromatic heterocycles. The highest BCUT2D eigenvalue weighted by atomic mass is 16.3. The SMILES string of the molecule is CC(O)CN(C)CC(=O)N1CCc2ccccc2C1. The Bertz CT molecular complexity index is 446. The standard InChI is InChI=1S/C15H22N2O2/c1-12(18)9-16(2)11-15(19)17-8-7-13-5-3-4-6-14(13)10-17/h3-6,12,18H,7-11H2,1-2H3. The van der Waals surface area contributed by atoms with E-state index in [1.807, 2.05) is 29.0 Å². The summed E-state index contributed by atoms with van der Waals surface area (Å²) in [5.41, 5.74) is 2.60. The van der Waals surface area contributed by atoms with Gasteiger partial charge in [0.15, 0.2) is 0 Å². The van der Waals surface area contributed by atoms with Crippen molar-refractivity contribution in [2.45, 2.75) is 26.0 Å². The maximum absolute atomic E-state index is 12.2. The molecule has 1 heterocycles. The minimum atomic E-state index is -0.403. The molecule has 0 saturated carbocycles. The summed E-state index contributed by atoms with van der Waals surface area (Å²) in [6.45, 7) is 4.12. The smallest absolute Gasteiger partial charge is 0.237 e. The number of amides is 1. The van der Waals surface area contributed by atoms with Gasteiger partial charge in [-0.05, 0) is 31.5 Å². The number of carbonyl (C=O) groups excluding carboxylic acids is 1. The zero-order valence-electron chi connectivity index (χ0n) is 11.7. The molecule has 1 unspecified atom stereocenters. The zero-order valence-corrected chi connectivity index (χ0v) is 11.7. The molecular weight excluding hydrogens is 240 g/mol. The van der Waals surface area contributed by atoms with Gasteiger partial charge in [-0.15, -0.1) is 0 Å².